The summed E-state index contributed by atoms with van der Waals surface area (Å²) in [5.74, 6) is -6.14. The van der Waals surface area contributed by atoms with Crippen molar-refractivity contribution in [3.8, 4) is 11.5 Å². The molecule has 252 valence electrons. The Hall–Kier alpha value is -5.49. The fourth-order valence-electron chi connectivity index (χ4n) is 6.33. The first kappa shape index (κ1) is 33.4. The molecule has 0 spiro atoms. The number of cyclic esters (lactones) is 4. The van der Waals surface area contributed by atoms with E-state index < -0.39 is 59.3 Å². The predicted molar refractivity (Wildman–Crippen MR) is 167 cm³/mol. The number of unbranched alkanes of at least 4 members (excludes halogenated alkanes) is 2. The van der Waals surface area contributed by atoms with Crippen LogP contribution in [0.15, 0.2) is 72.8 Å². The molecule has 1 aliphatic carbocycles. The zero-order valence-corrected chi connectivity index (χ0v) is 26.1. The molecule has 3 aromatic rings. The number of hydrogen-bond acceptors (Lipinski definition) is 11. The van der Waals surface area contributed by atoms with Gasteiger partial charge in [-0.1, -0.05) is 30.7 Å². The third-order valence-corrected chi connectivity index (χ3v) is 8.78. The van der Waals surface area contributed by atoms with Gasteiger partial charge in [0.1, 0.15) is 11.6 Å². The second-order valence-corrected chi connectivity index (χ2v) is 12.0. The lowest BCUT2D eigenvalue weighted by Gasteiger charge is -2.33. The molecule has 2 aliphatic heterocycles. The fraction of sp³-hybridized carbons (Fsp3) is 0.297. The largest absolute Gasteiger partial charge is 0.427 e. The summed E-state index contributed by atoms with van der Waals surface area (Å²) in [7, 11) is 0. The van der Waals surface area contributed by atoms with Gasteiger partial charge in [-0.25, -0.2) is 4.39 Å². The Kier molecular flexibility index (Phi) is 10.0. The molecular weight excluding hydrogens is 639 g/mol. The standard InChI is InChI=1S/C37H31FO11/c38-23-10-8-22(9-11-23)31(39)16-7-21-5-12-24(13-6-21)49-45-17-3-1-2-4-32(40)46-25-14-15-26-27(29-20-33(41)47-35(29)42)19-30-34(28(26)18-25)37(44)48-36(30)43/h5-16,18,27,29-30,34H,1-4,17,19-20H2. The van der Waals surface area contributed by atoms with Crippen LogP contribution in [0.3, 0.4) is 0 Å². The molecular formula is C37H31FO11. The molecule has 0 amide bonds. The molecule has 3 aliphatic rings. The van der Waals surface area contributed by atoms with E-state index in [1.807, 2.05) is 0 Å². The molecule has 2 fully saturated rings. The first-order valence-corrected chi connectivity index (χ1v) is 15.9. The van der Waals surface area contributed by atoms with Crippen molar-refractivity contribution >= 4 is 41.7 Å². The summed E-state index contributed by atoms with van der Waals surface area (Å²) < 4.78 is 28.2. The molecule has 0 bridgehead atoms. The third kappa shape index (κ3) is 7.81. The van der Waals surface area contributed by atoms with E-state index in [-0.39, 0.29) is 37.4 Å². The van der Waals surface area contributed by atoms with Gasteiger partial charge < -0.3 is 19.1 Å². The van der Waals surface area contributed by atoms with Gasteiger partial charge in [0.05, 0.1) is 30.8 Å². The molecule has 6 rings (SSSR count). The van der Waals surface area contributed by atoms with Crippen molar-refractivity contribution < 1.29 is 57.1 Å². The number of esters is 5. The first-order valence-electron chi connectivity index (χ1n) is 15.9. The first-order chi connectivity index (χ1) is 23.7. The Labute approximate surface area is 279 Å². The second kappa shape index (κ2) is 14.7. The summed E-state index contributed by atoms with van der Waals surface area (Å²) in [5.41, 5.74) is 2.21. The van der Waals surface area contributed by atoms with E-state index in [9.17, 15) is 33.2 Å². The van der Waals surface area contributed by atoms with Crippen molar-refractivity contribution in [2.75, 3.05) is 6.61 Å². The van der Waals surface area contributed by atoms with Crippen LogP contribution in [0, 0.1) is 17.7 Å². The highest BCUT2D eigenvalue weighted by molar-refractivity contribution is 6.06. The van der Waals surface area contributed by atoms with Crippen LogP contribution in [0.1, 0.15) is 77.4 Å². The van der Waals surface area contributed by atoms with Gasteiger partial charge in [-0.2, -0.15) is 4.89 Å². The quantitative estimate of drug-likeness (QED) is 0.0329. The molecule has 0 saturated carbocycles. The van der Waals surface area contributed by atoms with E-state index in [2.05, 4.69) is 0 Å². The van der Waals surface area contributed by atoms with E-state index in [0.29, 0.717) is 41.7 Å². The van der Waals surface area contributed by atoms with Crippen LogP contribution in [0.5, 0.6) is 11.5 Å². The number of rotatable bonds is 13. The molecule has 12 heteroatoms. The van der Waals surface area contributed by atoms with Crippen molar-refractivity contribution in [1.29, 1.82) is 0 Å². The van der Waals surface area contributed by atoms with Crippen LogP contribution in [0.2, 0.25) is 0 Å². The molecule has 0 aromatic heterocycles. The van der Waals surface area contributed by atoms with Crippen molar-refractivity contribution in [3.05, 3.63) is 101 Å². The van der Waals surface area contributed by atoms with Crippen molar-refractivity contribution in [2.45, 2.75) is 50.4 Å². The average Bonchev–Trinajstić information content (AvgIpc) is 3.58. The summed E-state index contributed by atoms with van der Waals surface area (Å²) >= 11 is 0. The molecule has 49 heavy (non-hydrogen) atoms. The Morgan fingerprint density at radius 1 is 0.776 bits per heavy atom. The molecule has 2 saturated heterocycles. The maximum absolute atomic E-state index is 13.0. The number of benzene rings is 3. The Morgan fingerprint density at radius 2 is 1.51 bits per heavy atom. The third-order valence-electron chi connectivity index (χ3n) is 8.78. The highest BCUT2D eigenvalue weighted by atomic mass is 19.1. The number of allylic oxidation sites excluding steroid dienone is 1. The summed E-state index contributed by atoms with van der Waals surface area (Å²) in [5, 5.41) is 0. The molecule has 0 radical (unpaired) electrons. The zero-order valence-electron chi connectivity index (χ0n) is 26.1. The minimum absolute atomic E-state index is 0.117. The lowest BCUT2D eigenvalue weighted by molar-refractivity contribution is -0.207. The lowest BCUT2D eigenvalue weighted by atomic mass is 9.67. The second-order valence-electron chi connectivity index (χ2n) is 12.0. The zero-order chi connectivity index (χ0) is 34.5. The van der Waals surface area contributed by atoms with Crippen LogP contribution in [0.4, 0.5) is 4.39 Å². The molecule has 11 nitrogen and oxygen atoms in total. The van der Waals surface area contributed by atoms with Gasteiger partial charge in [0.15, 0.2) is 11.5 Å². The predicted octanol–water partition coefficient (Wildman–Crippen LogP) is 5.56. The van der Waals surface area contributed by atoms with Crippen molar-refractivity contribution in [1.82, 2.24) is 0 Å². The number of fused-ring (bicyclic) bond motifs is 3. The van der Waals surface area contributed by atoms with Gasteiger partial charge in [0, 0.05) is 12.0 Å². The lowest BCUT2D eigenvalue weighted by Crippen LogP contribution is -2.31. The minimum Gasteiger partial charge on any atom is -0.427 e. The van der Waals surface area contributed by atoms with E-state index in [1.54, 1.807) is 42.5 Å². The minimum atomic E-state index is -0.882. The number of ketones is 1. The van der Waals surface area contributed by atoms with Gasteiger partial charge in [-0.3, -0.25) is 28.8 Å². The Morgan fingerprint density at radius 3 is 2.24 bits per heavy atom. The number of carbonyl (C=O) groups is 6. The van der Waals surface area contributed by atoms with Crippen LogP contribution in [0.25, 0.3) is 6.08 Å². The van der Waals surface area contributed by atoms with Crippen LogP contribution < -0.4 is 9.62 Å². The SMILES string of the molecule is O=C1CC(C2CC3C(=O)OC(=O)C3c3cc(OC(=O)CCCCCOOc4ccc(C=CC(=O)c5ccc(F)cc5)cc4)ccc32)C(=O)O1. The van der Waals surface area contributed by atoms with Crippen molar-refractivity contribution in [2.24, 2.45) is 11.8 Å². The van der Waals surface area contributed by atoms with Crippen LogP contribution >= 0.6 is 0 Å². The van der Waals surface area contributed by atoms with Gasteiger partial charge in [-0.05, 0) is 96.5 Å². The van der Waals surface area contributed by atoms with E-state index in [4.69, 9.17) is 24.0 Å². The van der Waals surface area contributed by atoms with E-state index in [0.717, 1.165) is 5.56 Å². The Balaban J connectivity index is 0.930. The Bertz CT molecular complexity index is 1810. The summed E-state index contributed by atoms with van der Waals surface area (Å²) in [6, 6.07) is 17.0. The van der Waals surface area contributed by atoms with Gasteiger partial charge in [-0.15, -0.1) is 0 Å². The molecule has 4 unspecified atom stereocenters. The highest BCUT2D eigenvalue weighted by Gasteiger charge is 2.53. The van der Waals surface area contributed by atoms with Gasteiger partial charge in [0.25, 0.3) is 0 Å². The number of hydrogen-bond donors (Lipinski definition) is 0. The van der Waals surface area contributed by atoms with Crippen molar-refractivity contribution in [3.63, 3.8) is 0 Å². The molecule has 4 atom stereocenters. The normalized spacial score (nSPS) is 21.2. The van der Waals surface area contributed by atoms with Gasteiger partial charge >= 0.3 is 29.8 Å². The topological polar surface area (TPSA) is 149 Å². The summed E-state index contributed by atoms with van der Waals surface area (Å²) in [6.45, 7) is 0.284. The summed E-state index contributed by atoms with van der Waals surface area (Å²) in [6.07, 6.45) is 5.02. The molecule has 0 N–H and O–H groups in total. The average molecular weight is 671 g/mol. The molecule has 3 aromatic carbocycles. The van der Waals surface area contributed by atoms with E-state index >= 15 is 0 Å². The smallest absolute Gasteiger partial charge is 0.321 e. The summed E-state index contributed by atoms with van der Waals surface area (Å²) in [4.78, 5) is 84.5. The molecule has 2 heterocycles. The number of halogens is 1. The monoisotopic (exact) mass is 670 g/mol. The highest BCUT2D eigenvalue weighted by Crippen LogP contribution is 2.51. The van der Waals surface area contributed by atoms with Gasteiger partial charge in [0.2, 0.25) is 0 Å². The maximum atomic E-state index is 13.0. The maximum Gasteiger partial charge on any atom is 0.321 e. The number of carbonyl (C=O) groups excluding carboxylic acids is 6. The van der Waals surface area contributed by atoms with Crippen LogP contribution in [-0.2, 0) is 38.3 Å². The fourth-order valence-corrected chi connectivity index (χ4v) is 6.33. The van der Waals surface area contributed by atoms with E-state index in [1.165, 1.54) is 36.4 Å². The van der Waals surface area contributed by atoms with Crippen LogP contribution in [-0.4, -0.2) is 42.2 Å². The number of ether oxygens (including phenoxy) is 3.